The van der Waals surface area contributed by atoms with Crippen LogP contribution in [0.5, 0.6) is 5.75 Å². The van der Waals surface area contributed by atoms with Gasteiger partial charge in [0.25, 0.3) is 10.0 Å². The molecule has 2 aliphatic rings. The molecular weight excluding hydrogens is 491 g/mol. The maximum atomic E-state index is 13.1. The van der Waals surface area contributed by atoms with Crippen LogP contribution in [0.1, 0.15) is 36.4 Å². The normalized spacial score (nSPS) is 20.9. The van der Waals surface area contributed by atoms with Gasteiger partial charge in [-0.25, -0.2) is 8.42 Å². The summed E-state index contributed by atoms with van der Waals surface area (Å²) in [5.41, 5.74) is 3.35. The molecule has 5 nitrogen and oxygen atoms in total. The first-order chi connectivity index (χ1) is 16.4. The van der Waals surface area contributed by atoms with Gasteiger partial charge in [-0.15, -0.1) is 0 Å². The van der Waals surface area contributed by atoms with Crippen molar-refractivity contribution in [2.75, 3.05) is 16.6 Å². The molecule has 0 bridgehead atoms. The monoisotopic (exact) mass is 514 g/mol. The van der Waals surface area contributed by atoms with Crippen molar-refractivity contribution in [2.24, 2.45) is 5.92 Å². The van der Waals surface area contributed by atoms with Crippen LogP contribution >= 0.6 is 23.2 Å². The number of anilines is 2. The van der Waals surface area contributed by atoms with Crippen molar-refractivity contribution in [1.82, 2.24) is 0 Å². The van der Waals surface area contributed by atoms with Gasteiger partial charge in [-0.05, 0) is 85.0 Å². The van der Waals surface area contributed by atoms with Gasteiger partial charge in [-0.1, -0.05) is 41.4 Å². The highest BCUT2D eigenvalue weighted by Crippen LogP contribution is 2.51. The minimum atomic E-state index is -3.76. The van der Waals surface area contributed by atoms with Crippen molar-refractivity contribution >= 4 is 44.6 Å². The fraction of sp³-hybridized carbons (Fsp3) is 0.231. The molecular formula is C26H24Cl2N2O3S. The van der Waals surface area contributed by atoms with Gasteiger partial charge in [0, 0.05) is 27.3 Å². The molecule has 2 N–H and O–H groups in total. The Labute approximate surface area is 209 Å². The van der Waals surface area contributed by atoms with Crippen LogP contribution in [0.15, 0.2) is 77.7 Å². The number of benzene rings is 3. The van der Waals surface area contributed by atoms with Crippen LogP contribution in [-0.4, -0.2) is 15.0 Å². The molecule has 1 aliphatic carbocycles. The number of ether oxygens (including phenoxy) is 1. The number of allylic oxidation sites excluding steroid dienone is 2. The first kappa shape index (κ1) is 23.1. The van der Waals surface area contributed by atoms with E-state index < -0.39 is 10.0 Å². The van der Waals surface area contributed by atoms with E-state index in [-0.39, 0.29) is 22.8 Å². The number of halogens is 2. The Morgan fingerprint density at radius 2 is 1.82 bits per heavy atom. The maximum absolute atomic E-state index is 13.1. The molecule has 1 aliphatic heterocycles. The van der Waals surface area contributed by atoms with Crippen molar-refractivity contribution < 1.29 is 13.2 Å². The summed E-state index contributed by atoms with van der Waals surface area (Å²) in [6.07, 6.45) is 5.20. The number of hydrogen-bond acceptors (Lipinski definition) is 4. The molecule has 0 unspecified atom stereocenters. The summed E-state index contributed by atoms with van der Waals surface area (Å²) in [5.74, 6) is 1.01. The van der Waals surface area contributed by atoms with E-state index in [1.165, 1.54) is 0 Å². The Hall–Kier alpha value is -2.67. The summed E-state index contributed by atoms with van der Waals surface area (Å²) in [6, 6.07) is 17.7. The number of sulfonamides is 1. The number of fused-ring (bicyclic) bond motifs is 3. The molecule has 3 aromatic rings. The quantitative estimate of drug-likeness (QED) is 0.346. The number of nitrogens with one attached hydrogen (secondary N) is 2. The lowest BCUT2D eigenvalue weighted by Crippen LogP contribution is -2.29. The van der Waals surface area contributed by atoms with Gasteiger partial charge in [0.05, 0.1) is 17.5 Å². The molecule has 0 spiro atoms. The Kier molecular flexibility index (Phi) is 6.23. The van der Waals surface area contributed by atoms with Crippen LogP contribution in [0.4, 0.5) is 11.4 Å². The highest BCUT2D eigenvalue weighted by molar-refractivity contribution is 7.92. The van der Waals surface area contributed by atoms with Crippen molar-refractivity contribution in [3.63, 3.8) is 0 Å². The molecule has 0 fully saturated rings. The second kappa shape index (κ2) is 9.17. The second-order valence-corrected chi connectivity index (χ2v) is 11.0. The molecule has 5 rings (SSSR count). The number of rotatable bonds is 6. The smallest absolute Gasteiger partial charge is 0.261 e. The molecule has 0 amide bonds. The average molecular weight is 515 g/mol. The van der Waals surface area contributed by atoms with Crippen molar-refractivity contribution in [3.05, 3.63) is 94.0 Å². The van der Waals surface area contributed by atoms with Gasteiger partial charge in [-0.2, -0.15) is 0 Å². The molecule has 0 saturated carbocycles. The van der Waals surface area contributed by atoms with Gasteiger partial charge >= 0.3 is 0 Å². The van der Waals surface area contributed by atoms with E-state index >= 15 is 0 Å². The summed E-state index contributed by atoms with van der Waals surface area (Å²) in [5, 5.41) is 4.82. The van der Waals surface area contributed by atoms with Crippen LogP contribution in [-0.2, 0) is 10.0 Å². The summed E-state index contributed by atoms with van der Waals surface area (Å²) >= 11 is 12.6. The van der Waals surface area contributed by atoms with E-state index in [0.29, 0.717) is 28.1 Å². The lowest BCUT2D eigenvalue weighted by Gasteiger charge is -2.38. The molecule has 0 saturated heterocycles. The highest BCUT2D eigenvalue weighted by atomic mass is 35.5. The van der Waals surface area contributed by atoms with Crippen LogP contribution in [0.2, 0.25) is 10.0 Å². The van der Waals surface area contributed by atoms with E-state index in [1.54, 1.807) is 42.5 Å². The third-order valence-corrected chi connectivity index (χ3v) is 8.30. The molecule has 1 heterocycles. The van der Waals surface area contributed by atoms with Gasteiger partial charge in [0.1, 0.15) is 5.75 Å². The highest BCUT2D eigenvalue weighted by Gasteiger charge is 2.39. The van der Waals surface area contributed by atoms with Gasteiger partial charge < -0.3 is 10.1 Å². The van der Waals surface area contributed by atoms with Crippen molar-refractivity contribution in [3.8, 4) is 5.75 Å². The largest absolute Gasteiger partial charge is 0.494 e. The Balaban J connectivity index is 1.44. The van der Waals surface area contributed by atoms with Crippen LogP contribution in [0.3, 0.4) is 0 Å². The summed E-state index contributed by atoms with van der Waals surface area (Å²) in [7, 11) is -3.76. The maximum Gasteiger partial charge on any atom is 0.261 e. The minimum Gasteiger partial charge on any atom is -0.494 e. The zero-order valence-electron chi connectivity index (χ0n) is 18.5. The molecule has 0 aromatic heterocycles. The minimum absolute atomic E-state index is 0.00158. The summed E-state index contributed by atoms with van der Waals surface area (Å²) in [4.78, 5) is 0.226. The molecule has 8 heteroatoms. The third kappa shape index (κ3) is 4.38. The van der Waals surface area contributed by atoms with Crippen LogP contribution < -0.4 is 14.8 Å². The van der Waals surface area contributed by atoms with Crippen molar-refractivity contribution in [1.29, 1.82) is 0 Å². The molecule has 3 atom stereocenters. The topological polar surface area (TPSA) is 67.4 Å². The first-order valence-corrected chi connectivity index (χ1v) is 13.4. The predicted molar refractivity (Wildman–Crippen MR) is 138 cm³/mol. The third-order valence-electron chi connectivity index (χ3n) is 6.36. The van der Waals surface area contributed by atoms with E-state index in [2.05, 4.69) is 22.2 Å². The van der Waals surface area contributed by atoms with Crippen LogP contribution in [0.25, 0.3) is 0 Å². The lowest BCUT2D eigenvalue weighted by atomic mass is 9.77. The lowest BCUT2D eigenvalue weighted by molar-refractivity contribution is 0.340. The zero-order valence-corrected chi connectivity index (χ0v) is 20.8. The predicted octanol–water partition coefficient (Wildman–Crippen LogP) is 7.02. The average Bonchev–Trinajstić information content (AvgIpc) is 3.30. The molecule has 0 radical (unpaired) electrons. The standard InChI is InChI=1S/C26H24Cl2N2O3S/c1-2-33-18-9-7-17(8-10-18)30-34(31,32)19-11-13-25-23(15-19)20-4-3-5-21(20)26(29-25)22-12-6-16(27)14-24(22)28/h3-4,6-15,20-21,26,29-30H,2,5H2,1H3/t20-,21+,26-/m0/s1. The zero-order chi connectivity index (χ0) is 23.9. The van der Waals surface area contributed by atoms with Gasteiger partial charge in [0.2, 0.25) is 0 Å². The molecule has 3 aromatic carbocycles. The molecule has 34 heavy (non-hydrogen) atoms. The number of hydrogen-bond donors (Lipinski definition) is 2. The second-order valence-electron chi connectivity index (χ2n) is 8.45. The Morgan fingerprint density at radius 1 is 1.03 bits per heavy atom. The van der Waals surface area contributed by atoms with Crippen molar-refractivity contribution in [2.45, 2.75) is 30.2 Å². The SMILES string of the molecule is CCOc1ccc(NS(=O)(=O)c2ccc3c(c2)[C@H]2C=CC[C@H]2[C@@H](c2ccc(Cl)cc2Cl)N3)cc1. The Morgan fingerprint density at radius 3 is 2.56 bits per heavy atom. The van der Waals surface area contributed by atoms with Gasteiger partial charge in [0.15, 0.2) is 0 Å². The van der Waals surface area contributed by atoms with E-state index in [0.717, 1.165) is 23.2 Å². The fourth-order valence-corrected chi connectivity index (χ4v) is 6.42. The summed E-state index contributed by atoms with van der Waals surface area (Å²) in [6.45, 7) is 2.45. The fourth-order valence-electron chi connectivity index (χ4n) is 4.80. The van der Waals surface area contributed by atoms with E-state index in [9.17, 15) is 8.42 Å². The first-order valence-electron chi connectivity index (χ1n) is 11.1. The van der Waals surface area contributed by atoms with E-state index in [1.807, 2.05) is 25.1 Å². The Bertz CT molecular complexity index is 1360. The summed E-state index contributed by atoms with van der Waals surface area (Å²) < 4.78 is 34.4. The van der Waals surface area contributed by atoms with Gasteiger partial charge in [-0.3, -0.25) is 4.72 Å². The molecule has 176 valence electrons. The van der Waals surface area contributed by atoms with Crippen LogP contribution in [0, 0.1) is 5.92 Å². The van der Waals surface area contributed by atoms with E-state index in [4.69, 9.17) is 27.9 Å².